The molecule has 1 saturated carbocycles. The number of ether oxygens (including phenoxy) is 1. The van der Waals surface area contributed by atoms with E-state index in [1.807, 2.05) is 12.1 Å². The third kappa shape index (κ3) is 1.83. The van der Waals surface area contributed by atoms with Crippen LogP contribution in [0.3, 0.4) is 0 Å². The maximum atomic E-state index is 5.22. The minimum atomic E-state index is 0.389. The molecule has 1 N–H and O–H groups in total. The van der Waals surface area contributed by atoms with E-state index in [4.69, 9.17) is 4.74 Å². The minimum absolute atomic E-state index is 0.389. The van der Waals surface area contributed by atoms with Gasteiger partial charge in [-0.3, -0.25) is 0 Å². The lowest BCUT2D eigenvalue weighted by molar-refractivity contribution is 0.412. The molecule has 1 aliphatic carbocycles. The molecule has 1 aromatic rings. The Labute approximate surface area is 111 Å². The first-order valence-electron chi connectivity index (χ1n) is 6.67. The molecular weight excluding hydrogens is 222 g/mol. The van der Waals surface area contributed by atoms with Gasteiger partial charge in [-0.1, -0.05) is 39.8 Å². The van der Waals surface area contributed by atoms with Crippen molar-refractivity contribution in [3.8, 4) is 5.75 Å². The van der Waals surface area contributed by atoms with E-state index in [9.17, 15) is 0 Å². The average molecular weight is 247 g/mol. The van der Waals surface area contributed by atoms with Crippen LogP contribution in [0.2, 0.25) is 0 Å². The Morgan fingerprint density at radius 2 is 1.56 bits per heavy atom. The molecule has 100 valence electrons. The van der Waals surface area contributed by atoms with Crippen molar-refractivity contribution in [3.63, 3.8) is 0 Å². The fraction of sp³-hybridized carbons (Fsp3) is 0.625. The SMILES string of the molecule is CNC(c1ccc(OC)cc1)C1C(C)(C)C1(C)C. The van der Waals surface area contributed by atoms with Crippen molar-refractivity contribution in [3.05, 3.63) is 29.8 Å². The molecule has 1 atom stereocenters. The quantitative estimate of drug-likeness (QED) is 0.877. The number of hydrogen-bond acceptors (Lipinski definition) is 2. The highest BCUT2D eigenvalue weighted by molar-refractivity contribution is 5.32. The van der Waals surface area contributed by atoms with Crippen LogP contribution in [0.4, 0.5) is 0 Å². The summed E-state index contributed by atoms with van der Waals surface area (Å²) in [6, 6.07) is 8.85. The van der Waals surface area contributed by atoms with Crippen LogP contribution in [-0.4, -0.2) is 14.2 Å². The summed E-state index contributed by atoms with van der Waals surface area (Å²) in [5.74, 6) is 1.59. The predicted molar refractivity (Wildman–Crippen MR) is 75.8 cm³/mol. The second-order valence-corrected chi connectivity index (χ2v) is 6.46. The van der Waals surface area contributed by atoms with Crippen LogP contribution in [0.5, 0.6) is 5.75 Å². The summed E-state index contributed by atoms with van der Waals surface area (Å²) in [7, 11) is 3.76. The first-order chi connectivity index (χ1) is 8.36. The van der Waals surface area contributed by atoms with Gasteiger partial charge in [0.15, 0.2) is 0 Å². The molecule has 0 spiro atoms. The van der Waals surface area contributed by atoms with Gasteiger partial charge >= 0.3 is 0 Å². The molecule has 0 amide bonds. The summed E-state index contributed by atoms with van der Waals surface area (Å²) in [5, 5.41) is 3.49. The van der Waals surface area contributed by atoms with Gasteiger partial charge < -0.3 is 10.1 Å². The van der Waals surface area contributed by atoms with E-state index in [0.29, 0.717) is 22.8 Å². The van der Waals surface area contributed by atoms with Crippen molar-refractivity contribution < 1.29 is 4.74 Å². The maximum Gasteiger partial charge on any atom is 0.118 e. The van der Waals surface area contributed by atoms with Crippen molar-refractivity contribution in [1.82, 2.24) is 5.32 Å². The van der Waals surface area contributed by atoms with Crippen molar-refractivity contribution >= 4 is 0 Å². The molecule has 2 heteroatoms. The van der Waals surface area contributed by atoms with E-state index in [0.717, 1.165) is 5.75 Å². The maximum absolute atomic E-state index is 5.22. The number of hydrogen-bond donors (Lipinski definition) is 1. The van der Waals surface area contributed by atoms with Crippen LogP contribution in [0.1, 0.15) is 39.3 Å². The van der Waals surface area contributed by atoms with E-state index in [1.54, 1.807) is 7.11 Å². The molecular formula is C16H25NO. The highest BCUT2D eigenvalue weighted by Crippen LogP contribution is 2.72. The number of benzene rings is 1. The van der Waals surface area contributed by atoms with Crippen LogP contribution in [0, 0.1) is 16.7 Å². The van der Waals surface area contributed by atoms with E-state index in [-0.39, 0.29) is 0 Å². The molecule has 1 aliphatic rings. The van der Waals surface area contributed by atoms with Crippen molar-refractivity contribution in [2.24, 2.45) is 16.7 Å². The Balaban J connectivity index is 2.25. The molecule has 0 radical (unpaired) electrons. The molecule has 0 bridgehead atoms. The topological polar surface area (TPSA) is 21.3 Å². The largest absolute Gasteiger partial charge is 0.497 e. The Morgan fingerprint density at radius 3 is 1.89 bits per heavy atom. The van der Waals surface area contributed by atoms with Crippen molar-refractivity contribution in [1.29, 1.82) is 0 Å². The van der Waals surface area contributed by atoms with Gasteiger partial charge in [-0.05, 0) is 41.5 Å². The van der Waals surface area contributed by atoms with Gasteiger partial charge in [0.2, 0.25) is 0 Å². The molecule has 1 aromatic carbocycles. The van der Waals surface area contributed by atoms with Crippen LogP contribution in [-0.2, 0) is 0 Å². The molecule has 2 rings (SSSR count). The summed E-state index contributed by atoms with van der Waals surface area (Å²) in [6.07, 6.45) is 0. The molecule has 0 saturated heterocycles. The van der Waals surface area contributed by atoms with Crippen LogP contribution < -0.4 is 10.1 Å². The monoisotopic (exact) mass is 247 g/mol. The summed E-state index contributed by atoms with van der Waals surface area (Å²) >= 11 is 0. The van der Waals surface area contributed by atoms with Gasteiger partial charge in [0.25, 0.3) is 0 Å². The van der Waals surface area contributed by atoms with Gasteiger partial charge in [0.05, 0.1) is 7.11 Å². The van der Waals surface area contributed by atoms with Crippen LogP contribution in [0.25, 0.3) is 0 Å². The van der Waals surface area contributed by atoms with Gasteiger partial charge in [0.1, 0.15) is 5.75 Å². The molecule has 2 nitrogen and oxygen atoms in total. The predicted octanol–water partition coefficient (Wildman–Crippen LogP) is 3.64. The smallest absolute Gasteiger partial charge is 0.118 e. The van der Waals surface area contributed by atoms with E-state index < -0.39 is 0 Å². The van der Waals surface area contributed by atoms with Crippen LogP contribution >= 0.6 is 0 Å². The normalized spacial score (nSPS) is 22.6. The van der Waals surface area contributed by atoms with Gasteiger partial charge in [-0.15, -0.1) is 0 Å². The third-order valence-corrected chi connectivity index (χ3v) is 5.25. The zero-order valence-corrected chi connectivity index (χ0v) is 12.4. The molecule has 0 heterocycles. The summed E-state index contributed by atoms with van der Waals surface area (Å²) < 4.78 is 5.22. The van der Waals surface area contributed by atoms with Gasteiger partial charge in [-0.25, -0.2) is 0 Å². The number of nitrogens with one attached hydrogen (secondary N) is 1. The standard InChI is InChI=1S/C16H25NO/c1-15(2)14(16(15,3)4)13(17-5)11-7-9-12(18-6)10-8-11/h7-10,13-14,17H,1-6H3. The minimum Gasteiger partial charge on any atom is -0.497 e. The van der Waals surface area contributed by atoms with E-state index in [2.05, 4.69) is 52.2 Å². The molecule has 0 aliphatic heterocycles. The fourth-order valence-electron chi connectivity index (χ4n) is 3.42. The zero-order valence-electron chi connectivity index (χ0n) is 12.4. The van der Waals surface area contributed by atoms with E-state index >= 15 is 0 Å². The highest BCUT2D eigenvalue weighted by atomic mass is 16.5. The molecule has 1 fully saturated rings. The Hall–Kier alpha value is -1.02. The second kappa shape index (κ2) is 4.27. The Bertz CT molecular complexity index is 405. The number of rotatable bonds is 4. The van der Waals surface area contributed by atoms with Gasteiger partial charge in [0, 0.05) is 6.04 Å². The Kier molecular flexibility index (Phi) is 3.18. The third-order valence-electron chi connectivity index (χ3n) is 5.25. The van der Waals surface area contributed by atoms with Crippen molar-refractivity contribution in [2.75, 3.05) is 14.2 Å². The highest BCUT2D eigenvalue weighted by Gasteiger charge is 2.67. The lowest BCUT2D eigenvalue weighted by atomic mass is 9.96. The van der Waals surface area contributed by atoms with E-state index in [1.165, 1.54) is 5.56 Å². The average Bonchev–Trinajstić information content (AvgIpc) is 2.74. The van der Waals surface area contributed by atoms with Gasteiger partial charge in [-0.2, -0.15) is 0 Å². The van der Waals surface area contributed by atoms with Crippen LogP contribution in [0.15, 0.2) is 24.3 Å². The molecule has 0 aromatic heterocycles. The lowest BCUT2D eigenvalue weighted by Gasteiger charge is -2.19. The molecule has 18 heavy (non-hydrogen) atoms. The summed E-state index contributed by atoms with van der Waals surface area (Å²) in [5.41, 5.74) is 2.13. The molecule has 1 unspecified atom stereocenters. The number of methoxy groups -OCH3 is 1. The first kappa shape index (κ1) is 13.4. The zero-order chi connectivity index (χ0) is 13.6. The second-order valence-electron chi connectivity index (χ2n) is 6.46. The fourth-order valence-corrected chi connectivity index (χ4v) is 3.42. The summed E-state index contributed by atoms with van der Waals surface area (Å²) in [6.45, 7) is 9.47. The summed E-state index contributed by atoms with van der Waals surface area (Å²) in [4.78, 5) is 0. The lowest BCUT2D eigenvalue weighted by Crippen LogP contribution is -2.21. The Morgan fingerprint density at radius 1 is 1.06 bits per heavy atom. The first-order valence-corrected chi connectivity index (χ1v) is 6.67. The van der Waals surface area contributed by atoms with Crippen molar-refractivity contribution in [2.45, 2.75) is 33.7 Å².